The molecular weight excluding hydrogens is 374 g/mol. The fourth-order valence-electron chi connectivity index (χ4n) is 3.12. The van der Waals surface area contributed by atoms with E-state index in [1.54, 1.807) is 24.5 Å². The molecule has 0 saturated heterocycles. The maximum Gasteiger partial charge on any atom is 0.280 e. The van der Waals surface area contributed by atoms with Crippen molar-refractivity contribution in [3.05, 3.63) is 96.3 Å². The standard InChI is InChI=1S/C24H23N5O/c1-28(2)21-12-10-18(11-13-21)16-26-23-15-22(20-9-6-14-25-17-20)27-29(23)24(30)19-7-4-3-5-8-19/h3-15,17,26H,16H2,1-2H3. The van der Waals surface area contributed by atoms with Gasteiger partial charge >= 0.3 is 0 Å². The van der Waals surface area contributed by atoms with Gasteiger partial charge in [-0.15, -0.1) is 0 Å². The van der Waals surface area contributed by atoms with Crippen LogP contribution < -0.4 is 10.2 Å². The third-order valence-corrected chi connectivity index (χ3v) is 4.81. The van der Waals surface area contributed by atoms with Crippen molar-refractivity contribution in [1.29, 1.82) is 0 Å². The van der Waals surface area contributed by atoms with Crippen LogP contribution in [0.2, 0.25) is 0 Å². The van der Waals surface area contributed by atoms with Crippen LogP contribution in [-0.2, 0) is 6.54 Å². The molecule has 0 spiro atoms. The van der Waals surface area contributed by atoms with Gasteiger partial charge in [0.15, 0.2) is 0 Å². The van der Waals surface area contributed by atoms with E-state index in [4.69, 9.17) is 0 Å². The van der Waals surface area contributed by atoms with Crippen LogP contribution >= 0.6 is 0 Å². The van der Waals surface area contributed by atoms with Gasteiger partial charge in [-0.2, -0.15) is 9.78 Å². The monoisotopic (exact) mass is 397 g/mol. The van der Waals surface area contributed by atoms with E-state index in [0.29, 0.717) is 23.6 Å². The van der Waals surface area contributed by atoms with Crippen LogP contribution in [-0.4, -0.2) is 34.8 Å². The maximum absolute atomic E-state index is 13.1. The number of rotatable bonds is 6. The summed E-state index contributed by atoms with van der Waals surface area (Å²) in [6.07, 6.45) is 3.45. The van der Waals surface area contributed by atoms with Gasteiger partial charge in [0.25, 0.3) is 5.91 Å². The highest BCUT2D eigenvalue weighted by atomic mass is 16.2. The second kappa shape index (κ2) is 8.61. The number of nitrogens with zero attached hydrogens (tertiary/aromatic N) is 4. The van der Waals surface area contributed by atoms with Crippen molar-refractivity contribution in [1.82, 2.24) is 14.8 Å². The number of anilines is 2. The molecule has 0 bridgehead atoms. The Kier molecular flexibility index (Phi) is 5.57. The lowest BCUT2D eigenvalue weighted by atomic mass is 10.2. The molecule has 30 heavy (non-hydrogen) atoms. The largest absolute Gasteiger partial charge is 0.378 e. The van der Waals surface area contributed by atoms with Crippen LogP contribution in [0, 0.1) is 0 Å². The molecule has 4 aromatic rings. The average molecular weight is 397 g/mol. The number of benzene rings is 2. The van der Waals surface area contributed by atoms with Gasteiger partial charge in [0, 0.05) is 55.9 Å². The second-order valence-corrected chi connectivity index (χ2v) is 7.15. The van der Waals surface area contributed by atoms with Crippen molar-refractivity contribution in [2.45, 2.75) is 6.54 Å². The third kappa shape index (κ3) is 4.22. The highest BCUT2D eigenvalue weighted by Crippen LogP contribution is 2.23. The van der Waals surface area contributed by atoms with Gasteiger partial charge in [-0.1, -0.05) is 30.3 Å². The van der Waals surface area contributed by atoms with E-state index in [1.807, 2.05) is 50.5 Å². The molecule has 0 radical (unpaired) electrons. The summed E-state index contributed by atoms with van der Waals surface area (Å²) >= 11 is 0. The Labute approximate surface area is 175 Å². The predicted octanol–water partition coefficient (Wildman–Crippen LogP) is 4.31. The Balaban J connectivity index is 1.63. The molecule has 6 heteroatoms. The zero-order valence-electron chi connectivity index (χ0n) is 17.0. The molecule has 0 atom stereocenters. The molecule has 2 aromatic heterocycles. The van der Waals surface area contributed by atoms with Crippen LogP contribution in [0.25, 0.3) is 11.3 Å². The topological polar surface area (TPSA) is 63.0 Å². The summed E-state index contributed by atoms with van der Waals surface area (Å²) in [5.41, 5.74) is 4.38. The lowest BCUT2D eigenvalue weighted by Gasteiger charge is -2.13. The van der Waals surface area contributed by atoms with Gasteiger partial charge in [0.2, 0.25) is 0 Å². The second-order valence-electron chi connectivity index (χ2n) is 7.15. The van der Waals surface area contributed by atoms with Gasteiger partial charge in [0.1, 0.15) is 5.82 Å². The van der Waals surface area contributed by atoms with Gasteiger partial charge in [-0.3, -0.25) is 9.78 Å². The summed E-state index contributed by atoms with van der Waals surface area (Å²) in [7, 11) is 4.03. The molecule has 0 amide bonds. The third-order valence-electron chi connectivity index (χ3n) is 4.81. The number of pyridine rings is 1. The van der Waals surface area contributed by atoms with Crippen molar-refractivity contribution in [3.8, 4) is 11.3 Å². The van der Waals surface area contributed by atoms with Gasteiger partial charge in [0.05, 0.1) is 5.69 Å². The van der Waals surface area contributed by atoms with Crippen molar-refractivity contribution in [2.75, 3.05) is 24.3 Å². The summed E-state index contributed by atoms with van der Waals surface area (Å²) in [5.74, 6) is 0.454. The Hall–Kier alpha value is -3.93. The lowest BCUT2D eigenvalue weighted by molar-refractivity contribution is 0.0948. The molecule has 4 rings (SSSR count). The van der Waals surface area contributed by atoms with Crippen LogP contribution in [0.3, 0.4) is 0 Å². The first-order valence-corrected chi connectivity index (χ1v) is 9.72. The molecule has 150 valence electrons. The van der Waals surface area contributed by atoms with E-state index >= 15 is 0 Å². The Morgan fingerprint density at radius 3 is 2.43 bits per heavy atom. The minimum atomic E-state index is -0.184. The first-order valence-electron chi connectivity index (χ1n) is 9.72. The van der Waals surface area contributed by atoms with E-state index in [1.165, 1.54) is 4.68 Å². The van der Waals surface area contributed by atoms with Crippen molar-refractivity contribution < 1.29 is 4.79 Å². The van der Waals surface area contributed by atoms with Crippen molar-refractivity contribution in [3.63, 3.8) is 0 Å². The molecule has 0 unspecified atom stereocenters. The van der Waals surface area contributed by atoms with Gasteiger partial charge in [-0.25, -0.2) is 0 Å². The molecule has 0 saturated carbocycles. The fraction of sp³-hybridized carbons (Fsp3) is 0.125. The van der Waals surface area contributed by atoms with E-state index < -0.39 is 0 Å². The van der Waals surface area contributed by atoms with E-state index in [-0.39, 0.29) is 5.91 Å². The first-order chi connectivity index (χ1) is 14.6. The van der Waals surface area contributed by atoms with Crippen LogP contribution in [0.15, 0.2) is 85.2 Å². The summed E-state index contributed by atoms with van der Waals surface area (Å²) in [5, 5.41) is 7.93. The summed E-state index contributed by atoms with van der Waals surface area (Å²) in [6.45, 7) is 0.577. The number of hydrogen-bond donors (Lipinski definition) is 1. The lowest BCUT2D eigenvalue weighted by Crippen LogP contribution is -2.17. The molecule has 0 aliphatic carbocycles. The number of carbonyl (C=O) groups excluding carboxylic acids is 1. The van der Waals surface area contributed by atoms with Crippen LogP contribution in [0.5, 0.6) is 0 Å². The Morgan fingerprint density at radius 1 is 1.00 bits per heavy atom. The minimum absolute atomic E-state index is 0.184. The quantitative estimate of drug-likeness (QED) is 0.525. The zero-order chi connectivity index (χ0) is 20.9. The van der Waals surface area contributed by atoms with Gasteiger partial charge in [-0.05, 0) is 42.0 Å². The van der Waals surface area contributed by atoms with Crippen LogP contribution in [0.1, 0.15) is 15.9 Å². The zero-order valence-corrected chi connectivity index (χ0v) is 17.0. The predicted molar refractivity (Wildman–Crippen MR) is 120 cm³/mol. The fourth-order valence-corrected chi connectivity index (χ4v) is 3.12. The molecule has 0 aliphatic heterocycles. The number of aromatic nitrogens is 3. The Morgan fingerprint density at radius 2 is 1.77 bits per heavy atom. The van der Waals surface area contributed by atoms with Gasteiger partial charge < -0.3 is 10.2 Å². The summed E-state index contributed by atoms with van der Waals surface area (Å²) < 4.78 is 1.42. The van der Waals surface area contributed by atoms with Crippen LogP contribution in [0.4, 0.5) is 11.5 Å². The number of carbonyl (C=O) groups is 1. The Bertz CT molecular complexity index is 1120. The molecule has 2 aromatic carbocycles. The van der Waals surface area contributed by atoms with E-state index in [9.17, 15) is 4.79 Å². The minimum Gasteiger partial charge on any atom is -0.378 e. The summed E-state index contributed by atoms with van der Waals surface area (Å²) in [4.78, 5) is 19.3. The number of nitrogens with one attached hydrogen (secondary N) is 1. The SMILES string of the molecule is CN(C)c1ccc(CNc2cc(-c3cccnc3)nn2C(=O)c2ccccc2)cc1. The summed E-state index contributed by atoms with van der Waals surface area (Å²) in [6, 6.07) is 23.1. The molecule has 6 nitrogen and oxygen atoms in total. The van der Waals surface area contributed by atoms with E-state index in [2.05, 4.69) is 44.6 Å². The molecule has 0 fully saturated rings. The molecule has 0 aliphatic rings. The molecule has 2 heterocycles. The maximum atomic E-state index is 13.1. The smallest absolute Gasteiger partial charge is 0.280 e. The highest BCUT2D eigenvalue weighted by molar-refractivity contribution is 5.97. The first kappa shape index (κ1) is 19.4. The normalized spacial score (nSPS) is 10.6. The highest BCUT2D eigenvalue weighted by Gasteiger charge is 2.17. The van der Waals surface area contributed by atoms with Crippen molar-refractivity contribution in [2.24, 2.45) is 0 Å². The number of hydrogen-bond acceptors (Lipinski definition) is 5. The van der Waals surface area contributed by atoms with E-state index in [0.717, 1.165) is 16.8 Å². The van der Waals surface area contributed by atoms with Crippen molar-refractivity contribution >= 4 is 17.4 Å². The molecule has 1 N–H and O–H groups in total. The average Bonchev–Trinajstić information content (AvgIpc) is 3.23. The molecular formula is C24H23N5O.